The Morgan fingerprint density at radius 3 is 2.03 bits per heavy atom. The highest BCUT2D eigenvalue weighted by atomic mass is 16.5. The van der Waals surface area contributed by atoms with Crippen LogP contribution in [0.15, 0.2) is 72.8 Å². The maximum Gasteiger partial charge on any atom is 0.320 e. The number of fused-ring (bicyclic) bond motifs is 2. The molecule has 2 N–H and O–H groups in total. The molecule has 1 aromatic heterocycles. The van der Waals surface area contributed by atoms with Crippen LogP contribution < -0.4 is 4.74 Å². The second kappa shape index (κ2) is 8.30. The molecule has 1 aliphatic rings. The molecular formula is C28H23N3O3. The Hall–Kier alpha value is -4.19. The maximum atomic E-state index is 10.4. The summed E-state index contributed by atoms with van der Waals surface area (Å²) in [6.45, 7) is 0. The molecule has 168 valence electrons. The van der Waals surface area contributed by atoms with E-state index in [0.717, 1.165) is 47.4 Å². The zero-order valence-electron chi connectivity index (χ0n) is 18.5. The molecule has 6 nitrogen and oxygen atoms in total. The van der Waals surface area contributed by atoms with Gasteiger partial charge in [-0.15, -0.1) is 0 Å². The monoisotopic (exact) mass is 449 g/mol. The smallest absolute Gasteiger partial charge is 0.320 e. The van der Waals surface area contributed by atoms with E-state index in [-0.39, 0.29) is 35.0 Å². The zero-order chi connectivity index (χ0) is 23.1. The Labute approximate surface area is 196 Å². The Balaban J connectivity index is 1.50. The molecule has 34 heavy (non-hydrogen) atoms. The molecule has 1 heterocycles. The Bertz CT molecular complexity index is 1510. The van der Waals surface area contributed by atoms with Gasteiger partial charge >= 0.3 is 6.01 Å². The van der Waals surface area contributed by atoms with Crippen molar-refractivity contribution in [2.24, 2.45) is 0 Å². The van der Waals surface area contributed by atoms with Crippen LogP contribution in [0.1, 0.15) is 25.7 Å². The first-order valence-electron chi connectivity index (χ1n) is 11.5. The molecule has 1 saturated carbocycles. The van der Waals surface area contributed by atoms with Gasteiger partial charge in [-0.3, -0.25) is 0 Å². The maximum absolute atomic E-state index is 10.4. The molecule has 0 aliphatic heterocycles. The topological polar surface area (TPSA) is 88.4 Å². The molecule has 0 radical (unpaired) electrons. The summed E-state index contributed by atoms with van der Waals surface area (Å²) < 4.78 is 6.10. The number of ether oxygens (including phenoxy) is 1. The van der Waals surface area contributed by atoms with Crippen molar-refractivity contribution in [3.63, 3.8) is 0 Å². The Kier molecular flexibility index (Phi) is 4.99. The van der Waals surface area contributed by atoms with Crippen LogP contribution in [0.4, 0.5) is 0 Å². The number of hydrogen-bond acceptors (Lipinski definition) is 6. The summed E-state index contributed by atoms with van der Waals surface area (Å²) in [5.74, 6) is 0.394. The van der Waals surface area contributed by atoms with Gasteiger partial charge < -0.3 is 14.9 Å². The number of phenolic OH excluding ortho intramolecular Hbond substituents is 2. The van der Waals surface area contributed by atoms with E-state index in [1.807, 2.05) is 24.3 Å². The summed E-state index contributed by atoms with van der Waals surface area (Å²) in [6, 6.07) is 23.4. The van der Waals surface area contributed by atoms with Gasteiger partial charge in [0.05, 0.1) is 0 Å². The zero-order valence-corrected chi connectivity index (χ0v) is 18.5. The van der Waals surface area contributed by atoms with Gasteiger partial charge in [0.1, 0.15) is 23.2 Å². The van der Waals surface area contributed by atoms with Crippen LogP contribution in [0, 0.1) is 0 Å². The van der Waals surface area contributed by atoms with Crippen molar-refractivity contribution in [1.29, 1.82) is 0 Å². The number of nitrogens with zero attached hydrogens (tertiary/aromatic N) is 3. The van der Waals surface area contributed by atoms with Gasteiger partial charge in [0.2, 0.25) is 0 Å². The van der Waals surface area contributed by atoms with Crippen LogP contribution in [0.5, 0.6) is 17.5 Å². The van der Waals surface area contributed by atoms with Crippen molar-refractivity contribution >= 4 is 21.5 Å². The SMILES string of the molecule is Oc1cccc(O)c1-c1nc(OC2CCCC2)nc(-c2ccc3cc4ccccc4cc3c2)n1. The molecule has 1 aliphatic carbocycles. The number of aromatic hydroxyl groups is 2. The lowest BCUT2D eigenvalue weighted by Gasteiger charge is -2.14. The van der Waals surface area contributed by atoms with E-state index in [0.29, 0.717) is 5.82 Å². The van der Waals surface area contributed by atoms with Crippen LogP contribution in [-0.4, -0.2) is 31.3 Å². The van der Waals surface area contributed by atoms with Crippen LogP contribution >= 0.6 is 0 Å². The standard InChI is InChI=1S/C28H23N3O3/c32-23-10-5-11-24(33)25(23)27-29-26(30-28(31-27)34-22-8-3-4-9-22)20-13-12-19-14-17-6-1-2-7-18(17)15-21(19)16-20/h1-2,5-7,10-16,22,32-33H,3-4,8-9H2. The van der Waals surface area contributed by atoms with Crippen LogP contribution in [0.3, 0.4) is 0 Å². The van der Waals surface area contributed by atoms with Gasteiger partial charge in [-0.1, -0.05) is 42.5 Å². The van der Waals surface area contributed by atoms with Gasteiger partial charge in [-0.2, -0.15) is 9.97 Å². The highest BCUT2D eigenvalue weighted by molar-refractivity contribution is 5.99. The van der Waals surface area contributed by atoms with Gasteiger partial charge in [-0.05, 0) is 77.6 Å². The Morgan fingerprint density at radius 2 is 1.29 bits per heavy atom. The van der Waals surface area contributed by atoms with Gasteiger partial charge in [0, 0.05) is 5.56 Å². The van der Waals surface area contributed by atoms with Crippen molar-refractivity contribution in [1.82, 2.24) is 15.0 Å². The van der Waals surface area contributed by atoms with Gasteiger partial charge in [-0.25, -0.2) is 4.98 Å². The van der Waals surface area contributed by atoms with E-state index < -0.39 is 0 Å². The van der Waals surface area contributed by atoms with Crippen LogP contribution in [-0.2, 0) is 0 Å². The second-order valence-corrected chi connectivity index (χ2v) is 8.72. The lowest BCUT2D eigenvalue weighted by atomic mass is 10.0. The summed E-state index contributed by atoms with van der Waals surface area (Å²) in [5.41, 5.74) is 0.965. The largest absolute Gasteiger partial charge is 0.507 e. The third-order valence-electron chi connectivity index (χ3n) is 6.40. The van der Waals surface area contributed by atoms with E-state index in [2.05, 4.69) is 45.3 Å². The average molecular weight is 450 g/mol. The average Bonchev–Trinajstić information content (AvgIpc) is 3.35. The predicted molar refractivity (Wildman–Crippen MR) is 132 cm³/mol. The van der Waals surface area contributed by atoms with Crippen molar-refractivity contribution in [3.05, 3.63) is 72.8 Å². The van der Waals surface area contributed by atoms with E-state index >= 15 is 0 Å². The summed E-state index contributed by atoms with van der Waals surface area (Å²) in [7, 11) is 0. The highest BCUT2D eigenvalue weighted by Gasteiger charge is 2.21. The first-order chi connectivity index (χ1) is 16.6. The molecule has 0 bridgehead atoms. The predicted octanol–water partition coefficient (Wildman–Crippen LogP) is 6.24. The number of phenols is 2. The molecule has 1 fully saturated rings. The first-order valence-corrected chi connectivity index (χ1v) is 11.5. The number of rotatable bonds is 4. The fraction of sp³-hybridized carbons (Fsp3) is 0.179. The minimum atomic E-state index is -0.103. The summed E-state index contributed by atoms with van der Waals surface area (Å²) in [6.07, 6.45) is 4.22. The normalized spacial score (nSPS) is 14.1. The summed E-state index contributed by atoms with van der Waals surface area (Å²) in [4.78, 5) is 13.7. The molecule has 0 atom stereocenters. The van der Waals surface area contributed by atoms with Crippen molar-refractivity contribution in [2.75, 3.05) is 0 Å². The summed E-state index contributed by atoms with van der Waals surface area (Å²) >= 11 is 0. The van der Waals surface area contributed by atoms with E-state index in [1.54, 1.807) is 6.07 Å². The third-order valence-corrected chi connectivity index (χ3v) is 6.40. The fourth-order valence-electron chi connectivity index (χ4n) is 4.64. The molecular weight excluding hydrogens is 426 g/mol. The van der Waals surface area contributed by atoms with Gasteiger partial charge in [0.15, 0.2) is 11.6 Å². The van der Waals surface area contributed by atoms with Crippen LogP contribution in [0.25, 0.3) is 44.3 Å². The lowest BCUT2D eigenvalue weighted by molar-refractivity contribution is 0.192. The lowest BCUT2D eigenvalue weighted by Crippen LogP contribution is -2.14. The molecule has 5 aromatic rings. The number of benzene rings is 4. The number of aromatic nitrogens is 3. The van der Waals surface area contributed by atoms with Crippen molar-refractivity contribution in [2.45, 2.75) is 31.8 Å². The Morgan fingerprint density at radius 1 is 0.647 bits per heavy atom. The quantitative estimate of drug-likeness (QED) is 0.316. The number of hydrogen-bond donors (Lipinski definition) is 2. The molecule has 0 saturated heterocycles. The van der Waals surface area contributed by atoms with Crippen LogP contribution in [0.2, 0.25) is 0 Å². The molecule has 0 unspecified atom stereocenters. The molecule has 6 heteroatoms. The first kappa shape index (κ1) is 20.4. The molecule has 0 spiro atoms. The van der Waals surface area contributed by atoms with Gasteiger partial charge in [0.25, 0.3) is 0 Å². The molecule has 0 amide bonds. The van der Waals surface area contributed by atoms with E-state index in [1.165, 1.54) is 17.5 Å². The summed E-state index contributed by atoms with van der Waals surface area (Å²) in [5, 5.41) is 25.4. The van der Waals surface area contributed by atoms with Crippen molar-refractivity contribution < 1.29 is 14.9 Å². The highest BCUT2D eigenvalue weighted by Crippen LogP contribution is 2.37. The second-order valence-electron chi connectivity index (χ2n) is 8.72. The molecule has 4 aromatic carbocycles. The minimum absolute atomic E-state index is 0.0593. The van der Waals surface area contributed by atoms with E-state index in [4.69, 9.17) is 4.74 Å². The molecule has 6 rings (SSSR count). The third kappa shape index (κ3) is 3.77. The van der Waals surface area contributed by atoms with Crippen molar-refractivity contribution in [3.8, 4) is 40.3 Å². The minimum Gasteiger partial charge on any atom is -0.507 e. The van der Waals surface area contributed by atoms with E-state index in [9.17, 15) is 10.2 Å². The fourth-order valence-corrected chi connectivity index (χ4v) is 4.64.